The number of ether oxygens (including phenoxy) is 1. The van der Waals surface area contributed by atoms with Gasteiger partial charge in [0.05, 0.1) is 25.8 Å². The molecule has 1 N–H and O–H groups in total. The average molecular weight is 481 g/mol. The van der Waals surface area contributed by atoms with Crippen molar-refractivity contribution in [3.8, 4) is 28.3 Å². The first-order chi connectivity index (χ1) is 15.6. The van der Waals surface area contributed by atoms with E-state index in [1.54, 1.807) is 7.11 Å². The number of methoxy groups -OCH3 is 1. The van der Waals surface area contributed by atoms with Crippen LogP contribution in [0.5, 0.6) is 5.75 Å². The summed E-state index contributed by atoms with van der Waals surface area (Å²) in [5, 5.41) is 5.57. The second-order valence-electron chi connectivity index (χ2n) is 7.99. The largest absolute Gasteiger partial charge is 1.00 e. The molecular weight excluding hydrogens is 456 g/mol. The topological polar surface area (TPSA) is 60.0 Å². The van der Waals surface area contributed by atoms with Gasteiger partial charge in [0.25, 0.3) is 11.7 Å². The zero-order valence-electron chi connectivity index (χ0n) is 18.5. The van der Waals surface area contributed by atoms with E-state index in [1.165, 1.54) is 22.7 Å². The lowest BCUT2D eigenvalue weighted by molar-refractivity contribution is -0.690. The molecule has 6 nitrogen and oxygen atoms in total. The number of nitrogens with zero attached hydrogens (tertiary/aromatic N) is 3. The third-order valence-electron chi connectivity index (χ3n) is 5.79. The summed E-state index contributed by atoms with van der Waals surface area (Å²) in [6.45, 7) is 3.30. The number of nitrogens with one attached hydrogen (secondary N) is 1. The molecule has 4 aromatic rings. The van der Waals surface area contributed by atoms with Crippen LogP contribution in [0, 0.1) is 6.92 Å². The Balaban J connectivity index is 0.00000259. The first-order valence-corrected chi connectivity index (χ1v) is 11.6. The van der Waals surface area contributed by atoms with Gasteiger partial charge in [-0.05, 0) is 37.6 Å². The fraction of sp³-hybridized carbons (Fsp3) is 0.240. The molecule has 33 heavy (non-hydrogen) atoms. The van der Waals surface area contributed by atoms with Crippen molar-refractivity contribution >= 4 is 22.4 Å². The Morgan fingerprint density at radius 2 is 1.88 bits per heavy atom. The predicted octanol–water partition coefficient (Wildman–Crippen LogP) is 1.47. The number of benzene rings is 2. The maximum Gasteiger partial charge on any atom is 0.268 e. The normalized spacial score (nSPS) is 12.2. The molecule has 0 bridgehead atoms. The lowest BCUT2D eigenvalue weighted by Crippen LogP contribution is -3.00. The third-order valence-corrected chi connectivity index (χ3v) is 6.55. The molecule has 1 aliphatic heterocycles. The number of fused-ring (bicyclic) bond motifs is 1. The molecule has 1 amide bonds. The van der Waals surface area contributed by atoms with Crippen LogP contribution in [0.3, 0.4) is 0 Å². The number of rotatable bonds is 6. The van der Waals surface area contributed by atoms with Crippen LogP contribution >= 0.6 is 11.3 Å². The first kappa shape index (κ1) is 23.0. The molecule has 2 aromatic heterocycles. The van der Waals surface area contributed by atoms with E-state index in [4.69, 9.17) is 4.74 Å². The van der Waals surface area contributed by atoms with Crippen LogP contribution < -0.4 is 27.0 Å². The van der Waals surface area contributed by atoms with Gasteiger partial charge in [-0.1, -0.05) is 29.8 Å². The fourth-order valence-corrected chi connectivity index (χ4v) is 4.88. The summed E-state index contributed by atoms with van der Waals surface area (Å²) in [6, 6.07) is 16.3. The van der Waals surface area contributed by atoms with Crippen LogP contribution in [0.15, 0.2) is 60.1 Å². The van der Waals surface area contributed by atoms with Gasteiger partial charge in [-0.2, -0.15) is 0 Å². The summed E-state index contributed by atoms with van der Waals surface area (Å²) >= 11 is 1.45. The molecule has 0 atom stereocenters. The highest BCUT2D eigenvalue weighted by Crippen LogP contribution is 2.27. The maximum atomic E-state index is 12.8. The number of anilines is 1. The molecule has 3 heterocycles. The van der Waals surface area contributed by atoms with Gasteiger partial charge in [0.2, 0.25) is 0 Å². The Labute approximate surface area is 203 Å². The SMILES string of the molecule is COc1ccc(-c2c[n+](CC(=O)Nc3nc(-c4ccc(C)cc4)cs3)c3n2CCC3)cc1.[Cl-]. The molecule has 0 aliphatic carbocycles. The smallest absolute Gasteiger partial charge is 0.268 e. The quantitative estimate of drug-likeness (QED) is 0.425. The van der Waals surface area contributed by atoms with Crippen molar-refractivity contribution in [1.82, 2.24) is 9.55 Å². The summed E-state index contributed by atoms with van der Waals surface area (Å²) < 4.78 is 9.66. The molecule has 0 saturated carbocycles. The Morgan fingerprint density at radius 3 is 2.61 bits per heavy atom. The molecule has 5 rings (SSSR count). The van der Waals surface area contributed by atoms with Crippen molar-refractivity contribution in [2.45, 2.75) is 32.9 Å². The van der Waals surface area contributed by atoms with Crippen molar-refractivity contribution in [3.05, 3.63) is 71.5 Å². The highest BCUT2D eigenvalue weighted by atomic mass is 35.5. The van der Waals surface area contributed by atoms with E-state index in [9.17, 15) is 4.79 Å². The van der Waals surface area contributed by atoms with Gasteiger partial charge in [-0.15, -0.1) is 11.3 Å². The maximum absolute atomic E-state index is 12.8. The highest BCUT2D eigenvalue weighted by Gasteiger charge is 2.29. The van der Waals surface area contributed by atoms with Gasteiger partial charge in [-0.3, -0.25) is 10.1 Å². The van der Waals surface area contributed by atoms with Gasteiger partial charge in [0, 0.05) is 16.5 Å². The lowest BCUT2D eigenvalue weighted by atomic mass is 10.1. The Morgan fingerprint density at radius 1 is 1.15 bits per heavy atom. The van der Waals surface area contributed by atoms with E-state index in [0.29, 0.717) is 5.13 Å². The van der Waals surface area contributed by atoms with E-state index in [1.807, 2.05) is 17.5 Å². The molecule has 0 radical (unpaired) electrons. The Kier molecular flexibility index (Phi) is 6.81. The van der Waals surface area contributed by atoms with E-state index >= 15 is 0 Å². The summed E-state index contributed by atoms with van der Waals surface area (Å²) in [4.78, 5) is 17.4. The number of aryl methyl sites for hydroxylation is 1. The molecule has 8 heteroatoms. The summed E-state index contributed by atoms with van der Waals surface area (Å²) in [5.74, 6) is 1.95. The average Bonchev–Trinajstić information content (AvgIpc) is 3.53. The van der Waals surface area contributed by atoms with Crippen molar-refractivity contribution in [2.75, 3.05) is 12.4 Å². The van der Waals surface area contributed by atoms with Gasteiger partial charge >= 0.3 is 0 Å². The monoisotopic (exact) mass is 480 g/mol. The predicted molar refractivity (Wildman–Crippen MR) is 126 cm³/mol. The van der Waals surface area contributed by atoms with E-state index in [0.717, 1.165) is 47.7 Å². The molecule has 170 valence electrons. The van der Waals surface area contributed by atoms with Crippen molar-refractivity contribution in [3.63, 3.8) is 0 Å². The third kappa shape index (κ3) is 4.79. The van der Waals surface area contributed by atoms with Crippen molar-refractivity contribution in [1.29, 1.82) is 0 Å². The number of aromatic nitrogens is 3. The number of imidazole rings is 1. The van der Waals surface area contributed by atoms with Gasteiger partial charge in [-0.25, -0.2) is 14.1 Å². The number of thiazole rings is 1. The molecular formula is C25H25ClN4O2S. The van der Waals surface area contributed by atoms with Gasteiger partial charge in [0.15, 0.2) is 17.4 Å². The minimum absolute atomic E-state index is 0. The molecule has 0 unspecified atom stereocenters. The summed E-state index contributed by atoms with van der Waals surface area (Å²) in [7, 11) is 1.67. The van der Waals surface area contributed by atoms with Crippen LogP contribution in [-0.2, 0) is 24.3 Å². The first-order valence-electron chi connectivity index (χ1n) is 10.7. The number of hydrogen-bond donors (Lipinski definition) is 1. The van der Waals surface area contributed by atoms with Gasteiger partial charge < -0.3 is 17.1 Å². The highest BCUT2D eigenvalue weighted by molar-refractivity contribution is 7.14. The molecule has 0 spiro atoms. The zero-order chi connectivity index (χ0) is 22.1. The van der Waals surface area contributed by atoms with Crippen molar-refractivity contribution in [2.24, 2.45) is 0 Å². The Bertz CT molecular complexity index is 1260. The molecule has 0 saturated heterocycles. The van der Waals surface area contributed by atoms with Crippen LogP contribution in [-0.4, -0.2) is 22.6 Å². The number of halogens is 1. The van der Waals surface area contributed by atoms with E-state index < -0.39 is 0 Å². The van der Waals surface area contributed by atoms with Crippen LogP contribution in [0.2, 0.25) is 0 Å². The molecule has 2 aromatic carbocycles. The fourth-order valence-electron chi connectivity index (χ4n) is 4.14. The molecule has 0 fully saturated rings. The second kappa shape index (κ2) is 9.77. The van der Waals surface area contributed by atoms with Crippen LogP contribution in [0.4, 0.5) is 5.13 Å². The Hall–Kier alpha value is -3.16. The zero-order valence-corrected chi connectivity index (χ0v) is 20.1. The number of hydrogen-bond acceptors (Lipinski definition) is 4. The molecule has 1 aliphatic rings. The van der Waals surface area contributed by atoms with E-state index in [-0.39, 0.29) is 24.9 Å². The lowest BCUT2D eigenvalue weighted by Gasteiger charge is -2.01. The van der Waals surface area contributed by atoms with Crippen molar-refractivity contribution < 1.29 is 26.5 Å². The van der Waals surface area contributed by atoms with E-state index in [2.05, 4.69) is 69.0 Å². The van der Waals surface area contributed by atoms with Gasteiger partial charge in [0.1, 0.15) is 11.9 Å². The minimum Gasteiger partial charge on any atom is -1.00 e. The minimum atomic E-state index is -0.0682. The number of carbonyl (C=O) groups excluding carboxylic acids is 1. The summed E-state index contributed by atoms with van der Waals surface area (Å²) in [6.07, 6.45) is 4.14. The standard InChI is InChI=1S/C25H24N4O2S.ClH/c1-17-5-7-18(8-6-17)21-16-32-25(26-21)27-23(30)15-28-14-22(29-13-3-4-24(28)29)19-9-11-20(31-2)12-10-19;/h5-12,14,16H,3-4,13,15H2,1-2H3;1H. The van der Waals surface area contributed by atoms with Crippen LogP contribution in [0.25, 0.3) is 22.5 Å². The summed E-state index contributed by atoms with van der Waals surface area (Å²) in [5.41, 5.74) is 5.39. The second-order valence-corrected chi connectivity index (χ2v) is 8.85. The van der Waals surface area contributed by atoms with Crippen LogP contribution in [0.1, 0.15) is 17.8 Å². The number of carbonyl (C=O) groups is 1. The number of amides is 1.